The molecule has 1 aliphatic rings. The number of benzene rings is 1. The van der Waals surface area contributed by atoms with Crippen LogP contribution in [0.2, 0.25) is 0 Å². The molecule has 0 spiro atoms. The monoisotopic (exact) mass is 392 g/mol. The van der Waals surface area contributed by atoms with Crippen molar-refractivity contribution in [1.29, 1.82) is 0 Å². The highest BCUT2D eigenvalue weighted by Crippen LogP contribution is 2.21. The second kappa shape index (κ2) is 9.43. The maximum atomic E-state index is 12.3. The molecule has 154 valence electrons. The Balaban J connectivity index is 1.95. The van der Waals surface area contributed by atoms with Gasteiger partial charge in [0.05, 0.1) is 13.0 Å². The number of alkyl carbamates (subject to hydrolysis) is 1. The predicted octanol–water partition coefficient (Wildman–Crippen LogP) is 2.71. The van der Waals surface area contributed by atoms with Crippen LogP contribution in [0.1, 0.15) is 32.8 Å². The van der Waals surface area contributed by atoms with Gasteiger partial charge in [0.15, 0.2) is 0 Å². The zero-order valence-corrected chi connectivity index (χ0v) is 16.8. The number of rotatable bonds is 4. The van der Waals surface area contributed by atoms with Crippen molar-refractivity contribution in [2.24, 2.45) is 5.92 Å². The van der Waals surface area contributed by atoms with Crippen molar-refractivity contribution in [3.8, 4) is 0 Å². The Morgan fingerprint density at radius 2 is 1.86 bits per heavy atom. The highest BCUT2D eigenvalue weighted by atomic mass is 16.6. The number of hydrogen-bond donors (Lipinski definition) is 1. The van der Waals surface area contributed by atoms with Gasteiger partial charge >= 0.3 is 18.2 Å². The van der Waals surface area contributed by atoms with Crippen LogP contribution in [-0.2, 0) is 25.6 Å². The standard InChI is InChI=1S/C20H28N2O6/c1-20(2,3)28-19(25)22-11-10-16(15(12-22)17(23)26-4)21-18(24)27-13-14-8-6-5-7-9-14/h5-9,15-16H,10-13H2,1-4H3,(H,21,24)/t15?,16-/m0/s1. The fourth-order valence-corrected chi connectivity index (χ4v) is 2.92. The van der Waals surface area contributed by atoms with E-state index < -0.39 is 35.7 Å². The lowest BCUT2D eigenvalue weighted by Gasteiger charge is -2.37. The van der Waals surface area contributed by atoms with Gasteiger partial charge in [-0.15, -0.1) is 0 Å². The number of piperidine rings is 1. The van der Waals surface area contributed by atoms with Crippen LogP contribution in [0.25, 0.3) is 0 Å². The summed E-state index contributed by atoms with van der Waals surface area (Å²) in [7, 11) is 1.28. The minimum Gasteiger partial charge on any atom is -0.469 e. The molecule has 8 heteroatoms. The van der Waals surface area contributed by atoms with E-state index >= 15 is 0 Å². The van der Waals surface area contributed by atoms with Crippen molar-refractivity contribution in [3.05, 3.63) is 35.9 Å². The largest absolute Gasteiger partial charge is 0.469 e. The summed E-state index contributed by atoms with van der Waals surface area (Å²) in [6.07, 6.45) is -0.723. The van der Waals surface area contributed by atoms with E-state index in [1.807, 2.05) is 30.3 Å². The van der Waals surface area contributed by atoms with E-state index in [1.54, 1.807) is 20.8 Å². The van der Waals surface area contributed by atoms with E-state index in [0.717, 1.165) is 5.56 Å². The van der Waals surface area contributed by atoms with Crippen LogP contribution in [0.3, 0.4) is 0 Å². The molecule has 2 atom stereocenters. The number of methoxy groups -OCH3 is 1. The summed E-state index contributed by atoms with van der Waals surface area (Å²) in [6.45, 7) is 5.92. The fourth-order valence-electron chi connectivity index (χ4n) is 2.92. The van der Waals surface area contributed by atoms with Crippen molar-refractivity contribution >= 4 is 18.2 Å². The molecule has 0 bridgehead atoms. The molecule has 0 radical (unpaired) electrons. The molecular weight excluding hydrogens is 364 g/mol. The zero-order valence-electron chi connectivity index (χ0n) is 16.8. The summed E-state index contributed by atoms with van der Waals surface area (Å²) in [6, 6.07) is 8.80. The molecule has 1 saturated heterocycles. The zero-order chi connectivity index (χ0) is 20.7. The number of amides is 2. The normalized spacial score (nSPS) is 19.5. The number of likely N-dealkylation sites (tertiary alicyclic amines) is 1. The molecule has 1 aromatic rings. The van der Waals surface area contributed by atoms with E-state index in [9.17, 15) is 14.4 Å². The average Bonchev–Trinajstić information content (AvgIpc) is 2.65. The van der Waals surface area contributed by atoms with Gasteiger partial charge in [0, 0.05) is 19.1 Å². The smallest absolute Gasteiger partial charge is 0.410 e. The molecular formula is C20H28N2O6. The Hall–Kier alpha value is -2.77. The third-order valence-electron chi connectivity index (χ3n) is 4.28. The molecule has 2 rings (SSSR count). The number of nitrogens with zero attached hydrogens (tertiary/aromatic N) is 1. The van der Waals surface area contributed by atoms with Crippen LogP contribution < -0.4 is 5.32 Å². The number of esters is 1. The Morgan fingerprint density at radius 3 is 2.46 bits per heavy atom. The summed E-state index contributed by atoms with van der Waals surface area (Å²) in [4.78, 5) is 38.1. The number of hydrogen-bond acceptors (Lipinski definition) is 6. The molecule has 0 aliphatic carbocycles. The van der Waals surface area contributed by atoms with Crippen molar-refractivity contribution in [2.45, 2.75) is 45.4 Å². The van der Waals surface area contributed by atoms with Gasteiger partial charge in [-0.25, -0.2) is 9.59 Å². The summed E-state index contributed by atoms with van der Waals surface area (Å²) < 4.78 is 15.4. The van der Waals surface area contributed by atoms with Crippen LogP contribution >= 0.6 is 0 Å². The second-order valence-corrected chi connectivity index (χ2v) is 7.66. The minimum absolute atomic E-state index is 0.102. The minimum atomic E-state index is -0.699. The van der Waals surface area contributed by atoms with Gasteiger partial charge in [0.1, 0.15) is 12.2 Å². The molecule has 1 aliphatic heterocycles. The lowest BCUT2D eigenvalue weighted by atomic mass is 9.92. The first-order chi connectivity index (χ1) is 13.2. The lowest BCUT2D eigenvalue weighted by molar-refractivity contribution is -0.148. The Labute approximate surface area is 165 Å². The van der Waals surface area contributed by atoms with Crippen molar-refractivity contribution in [3.63, 3.8) is 0 Å². The topological polar surface area (TPSA) is 94.2 Å². The number of carbonyl (C=O) groups is 3. The van der Waals surface area contributed by atoms with Gasteiger partial charge in [-0.1, -0.05) is 30.3 Å². The highest BCUT2D eigenvalue weighted by molar-refractivity contribution is 5.77. The summed E-state index contributed by atoms with van der Waals surface area (Å²) in [5, 5.41) is 2.72. The second-order valence-electron chi connectivity index (χ2n) is 7.66. The fraction of sp³-hybridized carbons (Fsp3) is 0.550. The van der Waals surface area contributed by atoms with Gasteiger partial charge < -0.3 is 24.4 Å². The quantitative estimate of drug-likeness (QED) is 0.625. The summed E-state index contributed by atoms with van der Waals surface area (Å²) in [5.74, 6) is -1.20. The van der Waals surface area contributed by atoms with Crippen LogP contribution in [-0.4, -0.2) is 54.9 Å². The SMILES string of the molecule is COC(=O)C1CN(C(=O)OC(C)(C)C)CC[C@@H]1NC(=O)OCc1ccccc1. The first kappa shape index (κ1) is 21.5. The Morgan fingerprint density at radius 1 is 1.18 bits per heavy atom. The van der Waals surface area contributed by atoms with Gasteiger partial charge in [0.25, 0.3) is 0 Å². The maximum Gasteiger partial charge on any atom is 0.410 e. The molecule has 0 saturated carbocycles. The first-order valence-corrected chi connectivity index (χ1v) is 9.22. The average molecular weight is 392 g/mol. The van der Waals surface area contributed by atoms with Crippen LogP contribution in [0.5, 0.6) is 0 Å². The van der Waals surface area contributed by atoms with Gasteiger partial charge in [-0.05, 0) is 32.8 Å². The van der Waals surface area contributed by atoms with Crippen molar-refractivity contribution < 1.29 is 28.6 Å². The molecule has 2 amide bonds. The van der Waals surface area contributed by atoms with Gasteiger partial charge in [-0.3, -0.25) is 4.79 Å². The molecule has 1 N–H and O–H groups in total. The third-order valence-corrected chi connectivity index (χ3v) is 4.28. The molecule has 1 aromatic carbocycles. The molecule has 8 nitrogen and oxygen atoms in total. The lowest BCUT2D eigenvalue weighted by Crippen LogP contribution is -2.55. The first-order valence-electron chi connectivity index (χ1n) is 9.22. The highest BCUT2D eigenvalue weighted by Gasteiger charge is 2.39. The molecule has 28 heavy (non-hydrogen) atoms. The number of nitrogens with one attached hydrogen (secondary N) is 1. The van der Waals surface area contributed by atoms with Crippen molar-refractivity contribution in [2.75, 3.05) is 20.2 Å². The van der Waals surface area contributed by atoms with E-state index in [-0.39, 0.29) is 13.2 Å². The Kier molecular flexibility index (Phi) is 7.25. The van der Waals surface area contributed by atoms with Gasteiger partial charge in [0.2, 0.25) is 0 Å². The van der Waals surface area contributed by atoms with Crippen molar-refractivity contribution in [1.82, 2.24) is 10.2 Å². The molecule has 1 unspecified atom stereocenters. The van der Waals surface area contributed by atoms with E-state index in [4.69, 9.17) is 14.2 Å². The van der Waals surface area contributed by atoms with E-state index in [2.05, 4.69) is 5.32 Å². The maximum absolute atomic E-state index is 12.3. The van der Waals surface area contributed by atoms with Crippen LogP contribution in [0.4, 0.5) is 9.59 Å². The molecule has 1 heterocycles. The van der Waals surface area contributed by atoms with E-state index in [1.165, 1.54) is 12.0 Å². The number of carbonyl (C=O) groups excluding carboxylic acids is 3. The van der Waals surface area contributed by atoms with Crippen LogP contribution in [0, 0.1) is 5.92 Å². The number of ether oxygens (including phenoxy) is 3. The van der Waals surface area contributed by atoms with Gasteiger partial charge in [-0.2, -0.15) is 0 Å². The van der Waals surface area contributed by atoms with E-state index in [0.29, 0.717) is 13.0 Å². The summed E-state index contributed by atoms with van der Waals surface area (Å²) in [5.41, 5.74) is 0.232. The summed E-state index contributed by atoms with van der Waals surface area (Å²) >= 11 is 0. The molecule has 0 aromatic heterocycles. The van der Waals surface area contributed by atoms with Crippen LogP contribution in [0.15, 0.2) is 30.3 Å². The third kappa shape index (κ3) is 6.44. The molecule has 1 fully saturated rings. The Bertz CT molecular complexity index is 686. The predicted molar refractivity (Wildman–Crippen MR) is 101 cm³/mol.